The van der Waals surface area contributed by atoms with Crippen molar-refractivity contribution in [1.82, 2.24) is 0 Å². The van der Waals surface area contributed by atoms with Crippen molar-refractivity contribution >= 4 is 23.4 Å². The Balaban J connectivity index is 1.71. The molecule has 0 spiro atoms. The van der Waals surface area contributed by atoms with Gasteiger partial charge in [-0.2, -0.15) is 5.26 Å². The summed E-state index contributed by atoms with van der Waals surface area (Å²) in [4.78, 5) is 14.8. The van der Waals surface area contributed by atoms with Crippen molar-refractivity contribution in [3.8, 4) is 17.6 Å². The highest BCUT2D eigenvalue weighted by atomic mass is 16.5. The third kappa shape index (κ3) is 5.31. The van der Waals surface area contributed by atoms with E-state index in [1.165, 1.54) is 6.08 Å². The van der Waals surface area contributed by atoms with Crippen molar-refractivity contribution in [3.63, 3.8) is 0 Å². The molecule has 3 rings (SSSR count). The first-order valence-electron chi connectivity index (χ1n) is 9.81. The minimum atomic E-state index is -0.467. The molecule has 7 nitrogen and oxygen atoms in total. The molecule has 1 fully saturated rings. The molecule has 1 aliphatic rings. The molecule has 7 heteroatoms. The Hall–Kier alpha value is -3.50. The van der Waals surface area contributed by atoms with E-state index in [0.29, 0.717) is 42.6 Å². The Morgan fingerprint density at radius 2 is 1.93 bits per heavy atom. The Kier molecular flexibility index (Phi) is 7.30. The number of nitriles is 1. The first kappa shape index (κ1) is 21.2. The number of benzene rings is 2. The van der Waals surface area contributed by atoms with E-state index < -0.39 is 5.91 Å². The van der Waals surface area contributed by atoms with Gasteiger partial charge in [-0.3, -0.25) is 4.79 Å². The number of carbonyl (C=O) groups excluding carboxylic acids is 1. The number of nitrogens with zero attached hydrogens (tertiary/aromatic N) is 2. The number of nitrogens with one attached hydrogen (secondary N) is 1. The van der Waals surface area contributed by atoms with Crippen LogP contribution in [0.3, 0.4) is 0 Å². The smallest absolute Gasteiger partial charge is 0.266 e. The number of carbonyl (C=O) groups is 1. The summed E-state index contributed by atoms with van der Waals surface area (Å²) in [6.45, 7) is 5.48. The highest BCUT2D eigenvalue weighted by molar-refractivity contribution is 6.09. The maximum atomic E-state index is 12.6. The lowest BCUT2D eigenvalue weighted by atomic mass is 10.1. The Morgan fingerprint density at radius 1 is 1.20 bits per heavy atom. The van der Waals surface area contributed by atoms with E-state index in [9.17, 15) is 10.1 Å². The van der Waals surface area contributed by atoms with Crippen LogP contribution in [0.15, 0.2) is 48.0 Å². The van der Waals surface area contributed by atoms with E-state index in [1.807, 2.05) is 37.3 Å². The van der Waals surface area contributed by atoms with Crippen LogP contribution < -0.4 is 19.7 Å². The standard InChI is InChI=1S/C23H25N3O4/c1-3-30-22-15-17(4-9-21(22)28-2)14-18(16-24)23(27)25-19-5-7-20(8-6-19)26-10-12-29-13-11-26/h4-9,14-15H,3,10-13H2,1-2H3,(H,25,27)/b18-14+. The molecule has 0 atom stereocenters. The van der Waals surface area contributed by atoms with Crippen LogP contribution in [0.2, 0.25) is 0 Å². The molecule has 1 N–H and O–H groups in total. The summed E-state index contributed by atoms with van der Waals surface area (Å²) in [5.74, 6) is 0.688. The molecule has 0 aliphatic carbocycles. The normalized spacial score (nSPS) is 14.0. The lowest BCUT2D eigenvalue weighted by molar-refractivity contribution is -0.112. The maximum absolute atomic E-state index is 12.6. The van der Waals surface area contributed by atoms with Gasteiger partial charge in [0.05, 0.1) is 26.9 Å². The van der Waals surface area contributed by atoms with E-state index in [-0.39, 0.29) is 5.57 Å². The molecule has 1 saturated heterocycles. The largest absolute Gasteiger partial charge is 0.493 e. The molecule has 156 valence electrons. The minimum absolute atomic E-state index is 0.000119. The lowest BCUT2D eigenvalue weighted by Gasteiger charge is -2.28. The van der Waals surface area contributed by atoms with Crippen LogP contribution in [0.4, 0.5) is 11.4 Å². The van der Waals surface area contributed by atoms with Gasteiger partial charge in [0, 0.05) is 24.5 Å². The van der Waals surface area contributed by atoms with Crippen molar-refractivity contribution < 1.29 is 19.0 Å². The molecule has 1 amide bonds. The van der Waals surface area contributed by atoms with Gasteiger partial charge in [0.25, 0.3) is 5.91 Å². The zero-order chi connectivity index (χ0) is 21.3. The Labute approximate surface area is 176 Å². The number of ether oxygens (including phenoxy) is 3. The molecule has 0 radical (unpaired) electrons. The van der Waals surface area contributed by atoms with Crippen molar-refractivity contribution in [2.24, 2.45) is 0 Å². The predicted octanol–water partition coefficient (Wildman–Crippen LogP) is 3.48. The first-order valence-corrected chi connectivity index (χ1v) is 9.81. The summed E-state index contributed by atoms with van der Waals surface area (Å²) in [6.07, 6.45) is 1.53. The number of amides is 1. The van der Waals surface area contributed by atoms with E-state index in [2.05, 4.69) is 10.2 Å². The number of anilines is 2. The van der Waals surface area contributed by atoms with Crippen LogP contribution in [0, 0.1) is 11.3 Å². The fourth-order valence-corrected chi connectivity index (χ4v) is 3.14. The number of morpholine rings is 1. The fourth-order valence-electron chi connectivity index (χ4n) is 3.14. The molecular formula is C23H25N3O4. The second kappa shape index (κ2) is 10.3. The third-order valence-electron chi connectivity index (χ3n) is 4.67. The summed E-state index contributed by atoms with van der Waals surface area (Å²) < 4.78 is 16.2. The van der Waals surface area contributed by atoms with Crippen LogP contribution in [-0.4, -0.2) is 45.9 Å². The SMILES string of the molecule is CCOc1cc(/C=C(\C#N)C(=O)Nc2ccc(N3CCOCC3)cc2)ccc1OC. The van der Waals surface area contributed by atoms with Crippen molar-refractivity contribution in [1.29, 1.82) is 5.26 Å². The van der Waals surface area contributed by atoms with Gasteiger partial charge in [0.15, 0.2) is 11.5 Å². The summed E-state index contributed by atoms with van der Waals surface area (Å²) >= 11 is 0. The monoisotopic (exact) mass is 407 g/mol. The van der Waals surface area contributed by atoms with Crippen molar-refractivity contribution in [2.75, 3.05) is 50.2 Å². The number of methoxy groups -OCH3 is 1. The topological polar surface area (TPSA) is 83.8 Å². The summed E-state index contributed by atoms with van der Waals surface area (Å²) in [6, 6.07) is 14.8. The highest BCUT2D eigenvalue weighted by Gasteiger charge is 2.13. The number of rotatable bonds is 7. The zero-order valence-corrected chi connectivity index (χ0v) is 17.2. The van der Waals surface area contributed by atoms with Gasteiger partial charge < -0.3 is 24.4 Å². The van der Waals surface area contributed by atoms with Crippen molar-refractivity contribution in [3.05, 3.63) is 53.6 Å². The third-order valence-corrected chi connectivity index (χ3v) is 4.67. The summed E-state index contributed by atoms with van der Waals surface area (Å²) in [5.41, 5.74) is 2.38. The Bertz CT molecular complexity index is 942. The van der Waals surface area contributed by atoms with Crippen LogP contribution >= 0.6 is 0 Å². The molecule has 0 bridgehead atoms. The van der Waals surface area contributed by atoms with E-state index in [4.69, 9.17) is 14.2 Å². The fraction of sp³-hybridized carbons (Fsp3) is 0.304. The van der Waals surface area contributed by atoms with Gasteiger partial charge in [-0.15, -0.1) is 0 Å². The van der Waals surface area contributed by atoms with E-state index in [1.54, 1.807) is 25.3 Å². The van der Waals surface area contributed by atoms with Crippen LogP contribution in [-0.2, 0) is 9.53 Å². The predicted molar refractivity (Wildman–Crippen MR) is 116 cm³/mol. The summed E-state index contributed by atoms with van der Waals surface area (Å²) in [5, 5.41) is 12.2. The molecule has 1 heterocycles. The molecule has 1 aliphatic heterocycles. The van der Waals surface area contributed by atoms with Gasteiger partial charge >= 0.3 is 0 Å². The molecule has 0 unspecified atom stereocenters. The van der Waals surface area contributed by atoms with Crippen LogP contribution in [0.5, 0.6) is 11.5 Å². The van der Waals surface area contributed by atoms with E-state index >= 15 is 0 Å². The minimum Gasteiger partial charge on any atom is -0.493 e. The van der Waals surface area contributed by atoms with Gasteiger partial charge in [0.1, 0.15) is 11.6 Å². The highest BCUT2D eigenvalue weighted by Crippen LogP contribution is 2.29. The molecule has 2 aromatic carbocycles. The van der Waals surface area contributed by atoms with Gasteiger partial charge in [-0.25, -0.2) is 0 Å². The first-order chi connectivity index (χ1) is 14.6. The molecule has 2 aromatic rings. The molecule has 30 heavy (non-hydrogen) atoms. The average Bonchev–Trinajstić information content (AvgIpc) is 2.79. The van der Waals surface area contributed by atoms with E-state index in [0.717, 1.165) is 18.8 Å². The van der Waals surface area contributed by atoms with Gasteiger partial charge in [-0.05, 0) is 55.0 Å². The Morgan fingerprint density at radius 3 is 2.57 bits per heavy atom. The lowest BCUT2D eigenvalue weighted by Crippen LogP contribution is -2.36. The van der Waals surface area contributed by atoms with Gasteiger partial charge in [-0.1, -0.05) is 6.07 Å². The van der Waals surface area contributed by atoms with Crippen molar-refractivity contribution in [2.45, 2.75) is 6.92 Å². The second-order valence-electron chi connectivity index (χ2n) is 6.61. The molecular weight excluding hydrogens is 382 g/mol. The molecule has 0 saturated carbocycles. The number of hydrogen-bond acceptors (Lipinski definition) is 6. The van der Waals surface area contributed by atoms with Crippen LogP contribution in [0.25, 0.3) is 6.08 Å². The number of hydrogen-bond donors (Lipinski definition) is 1. The average molecular weight is 407 g/mol. The molecule has 0 aromatic heterocycles. The maximum Gasteiger partial charge on any atom is 0.266 e. The van der Waals surface area contributed by atoms with Gasteiger partial charge in [0.2, 0.25) is 0 Å². The quantitative estimate of drug-likeness (QED) is 0.559. The van der Waals surface area contributed by atoms with Crippen LogP contribution in [0.1, 0.15) is 12.5 Å². The summed E-state index contributed by atoms with van der Waals surface area (Å²) in [7, 11) is 1.56. The zero-order valence-electron chi connectivity index (χ0n) is 17.2. The second-order valence-corrected chi connectivity index (χ2v) is 6.61.